The second kappa shape index (κ2) is 6.18. The number of hydrogen-bond donors (Lipinski definition) is 1. The van der Waals surface area contributed by atoms with Crippen LogP contribution in [0.1, 0.15) is 16.7 Å². The molecule has 0 radical (unpaired) electrons. The van der Waals surface area contributed by atoms with Gasteiger partial charge in [0, 0.05) is 12.6 Å². The standard InChI is InChI=1S/C15H10N4O2/c16-8-11-1-3-12(4-2-11)10-18-14-7-13(9-17)5-6-15(14)19(20)21/h1-7,18H,10H2. The number of anilines is 1. The third-order valence-corrected chi connectivity index (χ3v) is 2.89. The van der Waals surface area contributed by atoms with Crippen molar-refractivity contribution in [3.63, 3.8) is 0 Å². The molecular weight excluding hydrogens is 268 g/mol. The zero-order valence-electron chi connectivity index (χ0n) is 10.9. The highest BCUT2D eigenvalue weighted by atomic mass is 16.6. The summed E-state index contributed by atoms with van der Waals surface area (Å²) < 4.78 is 0. The van der Waals surface area contributed by atoms with E-state index in [0.29, 0.717) is 23.4 Å². The van der Waals surface area contributed by atoms with Gasteiger partial charge in [-0.05, 0) is 29.8 Å². The molecule has 2 aromatic carbocycles. The first-order valence-electron chi connectivity index (χ1n) is 6.05. The van der Waals surface area contributed by atoms with E-state index in [4.69, 9.17) is 10.5 Å². The van der Waals surface area contributed by atoms with E-state index in [1.54, 1.807) is 24.3 Å². The van der Waals surface area contributed by atoms with Gasteiger partial charge in [0.05, 0.1) is 28.2 Å². The Kier molecular flexibility index (Phi) is 4.13. The number of nitrogens with zero attached hydrogens (tertiary/aromatic N) is 3. The summed E-state index contributed by atoms with van der Waals surface area (Å²) in [6.45, 7) is 0.363. The molecule has 0 spiro atoms. The molecule has 6 nitrogen and oxygen atoms in total. The maximum Gasteiger partial charge on any atom is 0.292 e. The van der Waals surface area contributed by atoms with Gasteiger partial charge in [-0.25, -0.2) is 0 Å². The molecule has 21 heavy (non-hydrogen) atoms. The molecule has 0 amide bonds. The molecule has 0 aliphatic heterocycles. The highest BCUT2D eigenvalue weighted by molar-refractivity contribution is 5.64. The first kappa shape index (κ1) is 14.0. The first-order valence-corrected chi connectivity index (χ1v) is 6.05. The van der Waals surface area contributed by atoms with Crippen LogP contribution in [0.5, 0.6) is 0 Å². The van der Waals surface area contributed by atoms with Gasteiger partial charge in [0.25, 0.3) is 5.69 Å². The molecule has 2 rings (SSSR count). The molecule has 0 unspecified atom stereocenters. The van der Waals surface area contributed by atoms with Gasteiger partial charge >= 0.3 is 0 Å². The molecule has 0 atom stereocenters. The van der Waals surface area contributed by atoms with Crippen molar-refractivity contribution in [3.05, 3.63) is 69.3 Å². The van der Waals surface area contributed by atoms with E-state index in [-0.39, 0.29) is 5.69 Å². The molecule has 6 heteroatoms. The molecule has 2 aromatic rings. The van der Waals surface area contributed by atoms with Gasteiger partial charge in [-0.15, -0.1) is 0 Å². The Morgan fingerprint density at radius 2 is 1.67 bits per heavy atom. The second-order valence-corrected chi connectivity index (χ2v) is 4.26. The number of nitrogens with one attached hydrogen (secondary N) is 1. The minimum absolute atomic E-state index is 0.0809. The Morgan fingerprint density at radius 1 is 1.05 bits per heavy atom. The van der Waals surface area contributed by atoms with E-state index < -0.39 is 4.92 Å². The fraction of sp³-hybridized carbons (Fsp3) is 0.0667. The lowest BCUT2D eigenvalue weighted by Crippen LogP contribution is -2.03. The van der Waals surface area contributed by atoms with Gasteiger partial charge in [0.1, 0.15) is 5.69 Å². The topological polar surface area (TPSA) is 103 Å². The molecule has 1 N–H and O–H groups in total. The normalized spacial score (nSPS) is 9.43. The van der Waals surface area contributed by atoms with Gasteiger partial charge in [0.15, 0.2) is 0 Å². The zero-order valence-corrected chi connectivity index (χ0v) is 10.9. The van der Waals surface area contributed by atoms with Crippen LogP contribution in [-0.4, -0.2) is 4.92 Å². The van der Waals surface area contributed by atoms with Crippen LogP contribution in [0.4, 0.5) is 11.4 Å². The lowest BCUT2D eigenvalue weighted by Gasteiger charge is -2.07. The Bertz CT molecular complexity index is 755. The highest BCUT2D eigenvalue weighted by Gasteiger charge is 2.13. The van der Waals surface area contributed by atoms with Gasteiger partial charge in [-0.2, -0.15) is 10.5 Å². The first-order chi connectivity index (χ1) is 10.1. The zero-order chi connectivity index (χ0) is 15.2. The number of rotatable bonds is 4. The molecule has 102 valence electrons. The van der Waals surface area contributed by atoms with Crippen LogP contribution >= 0.6 is 0 Å². The molecule has 0 fully saturated rings. The van der Waals surface area contributed by atoms with Crippen molar-refractivity contribution in [2.24, 2.45) is 0 Å². The number of nitro groups is 1. The van der Waals surface area contributed by atoms with Crippen LogP contribution in [0.25, 0.3) is 0 Å². The lowest BCUT2D eigenvalue weighted by atomic mass is 10.1. The number of hydrogen-bond acceptors (Lipinski definition) is 5. The van der Waals surface area contributed by atoms with Crippen LogP contribution in [0, 0.1) is 32.8 Å². The van der Waals surface area contributed by atoms with Crippen molar-refractivity contribution in [2.75, 3.05) is 5.32 Å². The highest BCUT2D eigenvalue weighted by Crippen LogP contribution is 2.25. The monoisotopic (exact) mass is 278 g/mol. The van der Waals surface area contributed by atoms with Crippen LogP contribution in [0.2, 0.25) is 0 Å². The number of nitriles is 2. The van der Waals surface area contributed by atoms with Crippen molar-refractivity contribution in [1.29, 1.82) is 10.5 Å². The molecular formula is C15H10N4O2. The van der Waals surface area contributed by atoms with Crippen molar-refractivity contribution in [1.82, 2.24) is 0 Å². The molecule has 0 aliphatic rings. The number of nitro benzene ring substituents is 1. The lowest BCUT2D eigenvalue weighted by molar-refractivity contribution is -0.384. The third kappa shape index (κ3) is 3.34. The predicted octanol–water partition coefficient (Wildman–Crippen LogP) is 2.95. The summed E-state index contributed by atoms with van der Waals surface area (Å²) in [6, 6.07) is 15.0. The second-order valence-electron chi connectivity index (χ2n) is 4.26. The molecule has 0 aromatic heterocycles. The minimum Gasteiger partial charge on any atom is -0.375 e. The molecule has 0 saturated heterocycles. The van der Waals surface area contributed by atoms with E-state index in [2.05, 4.69) is 5.32 Å². The van der Waals surface area contributed by atoms with Gasteiger partial charge in [-0.3, -0.25) is 10.1 Å². The summed E-state index contributed by atoms with van der Waals surface area (Å²) in [5.74, 6) is 0. The summed E-state index contributed by atoms with van der Waals surface area (Å²) in [6.07, 6.45) is 0. The SMILES string of the molecule is N#Cc1ccc(CNc2cc(C#N)ccc2[N+](=O)[O-])cc1. The maximum atomic E-state index is 11.0. The summed E-state index contributed by atoms with van der Waals surface area (Å²) in [7, 11) is 0. The van der Waals surface area contributed by atoms with E-state index in [1.807, 2.05) is 12.1 Å². The van der Waals surface area contributed by atoms with Crippen molar-refractivity contribution < 1.29 is 4.92 Å². The summed E-state index contributed by atoms with van der Waals surface area (Å²) in [5, 5.41) is 31.5. The van der Waals surface area contributed by atoms with E-state index in [1.165, 1.54) is 18.2 Å². The molecule has 0 saturated carbocycles. The summed E-state index contributed by atoms with van der Waals surface area (Å²) in [5.41, 5.74) is 2.00. The van der Waals surface area contributed by atoms with E-state index in [0.717, 1.165) is 5.56 Å². The average Bonchev–Trinajstić information content (AvgIpc) is 2.52. The fourth-order valence-electron chi connectivity index (χ4n) is 1.80. The van der Waals surface area contributed by atoms with Crippen molar-refractivity contribution >= 4 is 11.4 Å². The van der Waals surface area contributed by atoms with Crippen LogP contribution in [-0.2, 0) is 6.54 Å². The summed E-state index contributed by atoms with van der Waals surface area (Å²) in [4.78, 5) is 10.5. The van der Waals surface area contributed by atoms with Gasteiger partial charge in [-0.1, -0.05) is 12.1 Å². The Balaban J connectivity index is 2.20. The van der Waals surface area contributed by atoms with Gasteiger partial charge < -0.3 is 5.32 Å². The molecule has 0 aliphatic carbocycles. The van der Waals surface area contributed by atoms with Crippen LogP contribution in [0.15, 0.2) is 42.5 Å². The Hall–Kier alpha value is -3.38. The van der Waals surface area contributed by atoms with Gasteiger partial charge in [0.2, 0.25) is 0 Å². The largest absolute Gasteiger partial charge is 0.375 e. The van der Waals surface area contributed by atoms with Crippen LogP contribution < -0.4 is 5.32 Å². The van der Waals surface area contributed by atoms with Crippen molar-refractivity contribution in [3.8, 4) is 12.1 Å². The number of benzene rings is 2. The fourth-order valence-corrected chi connectivity index (χ4v) is 1.80. The predicted molar refractivity (Wildman–Crippen MR) is 76.3 cm³/mol. The average molecular weight is 278 g/mol. The van der Waals surface area contributed by atoms with E-state index >= 15 is 0 Å². The minimum atomic E-state index is -0.498. The third-order valence-electron chi connectivity index (χ3n) is 2.89. The smallest absolute Gasteiger partial charge is 0.292 e. The Labute approximate surface area is 121 Å². The summed E-state index contributed by atoms with van der Waals surface area (Å²) >= 11 is 0. The quantitative estimate of drug-likeness (QED) is 0.684. The van der Waals surface area contributed by atoms with Crippen LogP contribution in [0.3, 0.4) is 0 Å². The molecule has 0 bridgehead atoms. The Morgan fingerprint density at radius 3 is 2.24 bits per heavy atom. The van der Waals surface area contributed by atoms with E-state index in [9.17, 15) is 10.1 Å². The molecule has 0 heterocycles. The maximum absolute atomic E-state index is 11.0. The van der Waals surface area contributed by atoms with Crippen molar-refractivity contribution in [2.45, 2.75) is 6.54 Å².